The Labute approximate surface area is 239 Å². The Balaban J connectivity index is 1.79. The van der Waals surface area contributed by atoms with Gasteiger partial charge in [-0.3, -0.25) is 4.79 Å². The first kappa shape index (κ1) is 26.8. The molecule has 6 rings (SSSR count). The molecule has 0 aliphatic heterocycles. The van der Waals surface area contributed by atoms with Gasteiger partial charge in [0, 0.05) is 6.92 Å². The number of hydrogen-bond acceptors (Lipinski definition) is 5. The fraction of sp³-hybridized carbons (Fsp3) is 0.194. The summed E-state index contributed by atoms with van der Waals surface area (Å²) in [6.45, 7) is 5.02. The van der Waals surface area contributed by atoms with Crippen molar-refractivity contribution in [3.8, 4) is 22.6 Å². The summed E-state index contributed by atoms with van der Waals surface area (Å²) < 4.78 is 11.1. The van der Waals surface area contributed by atoms with Crippen LogP contribution in [0.15, 0.2) is 84.9 Å². The van der Waals surface area contributed by atoms with E-state index in [0.29, 0.717) is 16.9 Å². The minimum absolute atomic E-state index is 0.170. The average Bonchev–Trinajstić information content (AvgIpc) is 3.24. The Morgan fingerprint density at radius 1 is 0.707 bits per heavy atom. The normalized spacial score (nSPS) is 15.5. The van der Waals surface area contributed by atoms with Crippen molar-refractivity contribution >= 4 is 16.7 Å². The first-order valence-electron chi connectivity index (χ1n) is 13.7. The van der Waals surface area contributed by atoms with E-state index in [9.17, 15) is 15.0 Å². The third-order valence-corrected chi connectivity index (χ3v) is 8.35. The SMILES string of the molecule is COc1ccc(C2(c3ccc(OC(C)=O)c(C)c3)c3cc(CO)c(CO)cc3-c3cc4ccccc4cc32)cc1C. The van der Waals surface area contributed by atoms with Gasteiger partial charge in [-0.25, -0.2) is 0 Å². The molecule has 206 valence electrons. The van der Waals surface area contributed by atoms with Crippen LogP contribution in [0.5, 0.6) is 11.5 Å². The number of carbonyl (C=O) groups is 1. The zero-order valence-corrected chi connectivity index (χ0v) is 23.6. The molecule has 0 saturated carbocycles. The van der Waals surface area contributed by atoms with Crippen molar-refractivity contribution in [2.75, 3.05) is 7.11 Å². The van der Waals surface area contributed by atoms with Gasteiger partial charge in [0.2, 0.25) is 0 Å². The predicted octanol–water partition coefficient (Wildman–Crippen LogP) is 6.74. The molecule has 0 aromatic heterocycles. The van der Waals surface area contributed by atoms with Crippen LogP contribution in [0.1, 0.15) is 51.4 Å². The molecule has 0 radical (unpaired) electrons. The van der Waals surface area contributed by atoms with E-state index in [1.807, 2.05) is 56.3 Å². The summed E-state index contributed by atoms with van der Waals surface area (Å²) in [4.78, 5) is 11.8. The first-order chi connectivity index (χ1) is 19.8. The maximum absolute atomic E-state index is 11.8. The molecule has 2 N–H and O–H groups in total. The standard InChI is InChI=1S/C36H32O5/c1-21-13-28(9-11-34(21)40-4)36(29-10-12-35(22(2)14-29)41-23(3)39)32-17-25-8-6-5-7-24(25)15-30(32)31-16-26(19-37)27(20-38)18-33(31)36/h5-18,37-38H,19-20H2,1-4H3. The van der Waals surface area contributed by atoms with Crippen molar-refractivity contribution in [1.82, 2.24) is 0 Å². The lowest BCUT2D eigenvalue weighted by Gasteiger charge is -2.35. The fourth-order valence-corrected chi connectivity index (χ4v) is 6.49. The summed E-state index contributed by atoms with van der Waals surface area (Å²) in [5.74, 6) is 0.952. The van der Waals surface area contributed by atoms with Gasteiger partial charge < -0.3 is 19.7 Å². The van der Waals surface area contributed by atoms with E-state index < -0.39 is 5.41 Å². The van der Waals surface area contributed by atoms with E-state index in [1.165, 1.54) is 6.92 Å². The van der Waals surface area contributed by atoms with Crippen molar-refractivity contribution in [1.29, 1.82) is 0 Å². The number of methoxy groups -OCH3 is 1. The van der Waals surface area contributed by atoms with Crippen LogP contribution < -0.4 is 9.47 Å². The molecule has 1 unspecified atom stereocenters. The molecule has 41 heavy (non-hydrogen) atoms. The van der Waals surface area contributed by atoms with E-state index in [4.69, 9.17) is 9.47 Å². The summed E-state index contributed by atoms with van der Waals surface area (Å²) in [7, 11) is 1.67. The van der Waals surface area contributed by atoms with Crippen LogP contribution in [0, 0.1) is 13.8 Å². The topological polar surface area (TPSA) is 76.0 Å². The summed E-state index contributed by atoms with van der Waals surface area (Å²) in [5.41, 5.74) is 8.74. The van der Waals surface area contributed by atoms with Crippen LogP contribution in [0.25, 0.3) is 21.9 Å². The molecule has 5 aromatic rings. The number of benzene rings is 5. The zero-order chi connectivity index (χ0) is 28.9. The van der Waals surface area contributed by atoms with E-state index in [2.05, 4.69) is 42.5 Å². The highest BCUT2D eigenvalue weighted by molar-refractivity contribution is 5.96. The number of aliphatic hydroxyl groups excluding tert-OH is 2. The van der Waals surface area contributed by atoms with Crippen LogP contribution in [-0.4, -0.2) is 23.3 Å². The van der Waals surface area contributed by atoms with E-state index in [-0.39, 0.29) is 19.2 Å². The van der Waals surface area contributed by atoms with Gasteiger partial charge in [0.15, 0.2) is 0 Å². The predicted molar refractivity (Wildman–Crippen MR) is 160 cm³/mol. The molecule has 5 heteroatoms. The van der Waals surface area contributed by atoms with Gasteiger partial charge in [0.25, 0.3) is 0 Å². The Kier molecular flexibility index (Phi) is 6.65. The Morgan fingerprint density at radius 2 is 1.24 bits per heavy atom. The molecule has 0 amide bonds. The highest BCUT2D eigenvalue weighted by Gasteiger charge is 2.47. The lowest BCUT2D eigenvalue weighted by atomic mass is 9.66. The molecule has 5 nitrogen and oxygen atoms in total. The minimum atomic E-state index is -0.761. The van der Waals surface area contributed by atoms with Crippen molar-refractivity contribution in [2.24, 2.45) is 0 Å². The van der Waals surface area contributed by atoms with Gasteiger partial charge in [0.05, 0.1) is 25.7 Å². The molecular weight excluding hydrogens is 512 g/mol. The van der Waals surface area contributed by atoms with Gasteiger partial charge in [-0.05, 0) is 111 Å². The minimum Gasteiger partial charge on any atom is -0.496 e. The number of carbonyl (C=O) groups excluding carboxylic acids is 1. The van der Waals surface area contributed by atoms with Crippen molar-refractivity contribution in [3.63, 3.8) is 0 Å². The molecule has 0 heterocycles. The smallest absolute Gasteiger partial charge is 0.308 e. The Bertz CT molecular complexity index is 1840. The Morgan fingerprint density at radius 3 is 1.80 bits per heavy atom. The molecule has 1 atom stereocenters. The Hall–Kier alpha value is -4.45. The number of ether oxygens (including phenoxy) is 2. The number of fused-ring (bicyclic) bond motifs is 4. The van der Waals surface area contributed by atoms with Crippen LogP contribution in [0.4, 0.5) is 0 Å². The molecule has 0 bridgehead atoms. The van der Waals surface area contributed by atoms with E-state index in [0.717, 1.165) is 61.0 Å². The maximum atomic E-state index is 11.8. The summed E-state index contributed by atoms with van der Waals surface area (Å²) >= 11 is 0. The molecular formula is C36H32O5. The van der Waals surface area contributed by atoms with Crippen molar-refractivity contribution < 1.29 is 24.5 Å². The number of rotatable bonds is 6. The second-order valence-corrected chi connectivity index (χ2v) is 10.7. The van der Waals surface area contributed by atoms with Crippen LogP contribution >= 0.6 is 0 Å². The van der Waals surface area contributed by atoms with Crippen LogP contribution in [-0.2, 0) is 23.4 Å². The molecule has 1 aliphatic rings. The van der Waals surface area contributed by atoms with Gasteiger partial charge in [0.1, 0.15) is 11.5 Å². The zero-order valence-electron chi connectivity index (χ0n) is 23.6. The number of esters is 1. The second-order valence-electron chi connectivity index (χ2n) is 10.7. The van der Waals surface area contributed by atoms with Crippen molar-refractivity contribution in [3.05, 3.63) is 129 Å². The van der Waals surface area contributed by atoms with E-state index in [1.54, 1.807) is 7.11 Å². The molecule has 0 fully saturated rings. The third kappa shape index (κ3) is 4.12. The van der Waals surface area contributed by atoms with E-state index >= 15 is 0 Å². The number of aryl methyl sites for hydroxylation is 2. The third-order valence-electron chi connectivity index (χ3n) is 8.35. The number of aliphatic hydroxyl groups is 2. The summed E-state index contributed by atoms with van der Waals surface area (Å²) in [6, 6.07) is 29.1. The monoisotopic (exact) mass is 544 g/mol. The number of hydrogen-bond donors (Lipinski definition) is 2. The van der Waals surface area contributed by atoms with Gasteiger partial charge in [-0.2, -0.15) is 0 Å². The molecule has 5 aromatic carbocycles. The molecule has 1 aliphatic carbocycles. The van der Waals surface area contributed by atoms with Gasteiger partial charge >= 0.3 is 5.97 Å². The molecule has 0 saturated heterocycles. The van der Waals surface area contributed by atoms with Gasteiger partial charge in [-0.15, -0.1) is 0 Å². The lowest BCUT2D eigenvalue weighted by Crippen LogP contribution is -2.29. The van der Waals surface area contributed by atoms with Crippen LogP contribution in [0.3, 0.4) is 0 Å². The highest BCUT2D eigenvalue weighted by atomic mass is 16.5. The average molecular weight is 545 g/mol. The molecule has 0 spiro atoms. The van der Waals surface area contributed by atoms with Crippen molar-refractivity contribution in [2.45, 2.75) is 39.4 Å². The summed E-state index contributed by atoms with van der Waals surface area (Å²) in [5, 5.41) is 22.8. The lowest BCUT2D eigenvalue weighted by molar-refractivity contribution is -0.131. The summed E-state index contributed by atoms with van der Waals surface area (Å²) in [6.07, 6.45) is 0. The van der Waals surface area contributed by atoms with Gasteiger partial charge in [-0.1, -0.05) is 54.6 Å². The highest BCUT2D eigenvalue weighted by Crippen LogP contribution is 2.58. The second kappa shape index (κ2) is 10.2. The largest absolute Gasteiger partial charge is 0.496 e. The quantitative estimate of drug-likeness (QED) is 0.179. The maximum Gasteiger partial charge on any atom is 0.308 e. The fourth-order valence-electron chi connectivity index (χ4n) is 6.49. The van der Waals surface area contributed by atoms with Crippen LogP contribution in [0.2, 0.25) is 0 Å². The first-order valence-corrected chi connectivity index (χ1v) is 13.7.